The topological polar surface area (TPSA) is 93.4 Å². The number of halogens is 1. The van der Waals surface area contributed by atoms with Crippen LogP contribution in [0.3, 0.4) is 0 Å². The van der Waals surface area contributed by atoms with Crippen molar-refractivity contribution in [2.24, 2.45) is 0 Å². The van der Waals surface area contributed by atoms with Crippen molar-refractivity contribution in [3.63, 3.8) is 0 Å². The number of carbonyl (C=O) groups is 1. The second kappa shape index (κ2) is 7.27. The molecule has 134 valence electrons. The standard InChI is InChI=1S/C17H16ClN5O3/c18-12-3-1-2-11(8-12)9-19-16(24)14-13-15(23-4-6-25-7-5-23)20-10-21-17(13)26-22-14/h1-3,8,10H,4-7,9H2,(H,19,24). The number of hydrogen-bond donors (Lipinski definition) is 1. The van der Waals surface area contributed by atoms with Gasteiger partial charge >= 0.3 is 0 Å². The van der Waals surface area contributed by atoms with Crippen molar-refractivity contribution in [3.05, 3.63) is 46.9 Å². The molecule has 1 fully saturated rings. The number of morpholine rings is 1. The highest BCUT2D eigenvalue weighted by molar-refractivity contribution is 6.30. The maximum Gasteiger partial charge on any atom is 0.274 e. The number of anilines is 1. The van der Waals surface area contributed by atoms with Gasteiger partial charge in [-0.3, -0.25) is 4.79 Å². The van der Waals surface area contributed by atoms with Crippen molar-refractivity contribution in [1.82, 2.24) is 20.4 Å². The number of carbonyl (C=O) groups excluding carboxylic acids is 1. The molecule has 1 saturated heterocycles. The Balaban J connectivity index is 1.60. The maximum absolute atomic E-state index is 12.6. The van der Waals surface area contributed by atoms with E-state index in [0.29, 0.717) is 49.1 Å². The third-order valence-electron chi connectivity index (χ3n) is 4.12. The van der Waals surface area contributed by atoms with Gasteiger partial charge in [0.15, 0.2) is 5.69 Å². The van der Waals surface area contributed by atoms with Crippen LogP contribution in [-0.4, -0.2) is 47.3 Å². The molecule has 1 N–H and O–H groups in total. The lowest BCUT2D eigenvalue weighted by Crippen LogP contribution is -2.37. The summed E-state index contributed by atoms with van der Waals surface area (Å²) < 4.78 is 10.6. The Morgan fingerprint density at radius 2 is 2.12 bits per heavy atom. The van der Waals surface area contributed by atoms with Gasteiger partial charge in [0.25, 0.3) is 11.6 Å². The van der Waals surface area contributed by atoms with Crippen LogP contribution in [0.5, 0.6) is 0 Å². The molecule has 4 rings (SSSR count). The fraction of sp³-hybridized carbons (Fsp3) is 0.294. The molecule has 1 aromatic carbocycles. The van der Waals surface area contributed by atoms with E-state index in [1.807, 2.05) is 17.0 Å². The SMILES string of the molecule is O=C(NCc1cccc(Cl)c1)c1noc2ncnc(N3CCOCC3)c12. The average molecular weight is 374 g/mol. The predicted octanol–water partition coefficient (Wildman–Crippen LogP) is 2.04. The maximum atomic E-state index is 12.6. The van der Waals surface area contributed by atoms with Crippen LogP contribution in [0.1, 0.15) is 16.1 Å². The molecule has 3 aromatic rings. The van der Waals surface area contributed by atoms with Crippen molar-refractivity contribution >= 4 is 34.4 Å². The molecule has 0 spiro atoms. The summed E-state index contributed by atoms with van der Waals surface area (Å²) in [4.78, 5) is 23.1. The molecule has 0 aliphatic carbocycles. The normalized spacial score (nSPS) is 14.6. The summed E-state index contributed by atoms with van der Waals surface area (Å²) in [6.45, 7) is 2.90. The van der Waals surface area contributed by atoms with Crippen LogP contribution in [0, 0.1) is 0 Å². The van der Waals surface area contributed by atoms with Crippen molar-refractivity contribution in [3.8, 4) is 0 Å². The van der Waals surface area contributed by atoms with Crippen LogP contribution in [0.2, 0.25) is 5.02 Å². The van der Waals surface area contributed by atoms with E-state index < -0.39 is 0 Å². The van der Waals surface area contributed by atoms with Gasteiger partial charge in [-0.05, 0) is 17.7 Å². The molecule has 9 heteroatoms. The van der Waals surface area contributed by atoms with Crippen molar-refractivity contribution < 1.29 is 14.1 Å². The average Bonchev–Trinajstić information content (AvgIpc) is 3.11. The molecule has 26 heavy (non-hydrogen) atoms. The van der Waals surface area contributed by atoms with Crippen LogP contribution >= 0.6 is 11.6 Å². The fourth-order valence-corrected chi connectivity index (χ4v) is 3.07. The minimum absolute atomic E-state index is 0.170. The van der Waals surface area contributed by atoms with E-state index in [-0.39, 0.29) is 17.3 Å². The molecule has 0 radical (unpaired) electrons. The fourth-order valence-electron chi connectivity index (χ4n) is 2.85. The van der Waals surface area contributed by atoms with Crippen LogP contribution in [0.4, 0.5) is 5.82 Å². The minimum Gasteiger partial charge on any atom is -0.378 e. The first-order valence-electron chi connectivity index (χ1n) is 8.18. The number of nitrogens with one attached hydrogen (secondary N) is 1. The van der Waals surface area contributed by atoms with Gasteiger partial charge in [0.1, 0.15) is 17.5 Å². The van der Waals surface area contributed by atoms with Crippen LogP contribution in [0.25, 0.3) is 11.1 Å². The summed E-state index contributed by atoms with van der Waals surface area (Å²) in [5.41, 5.74) is 1.35. The summed E-state index contributed by atoms with van der Waals surface area (Å²) in [5, 5.41) is 7.87. The van der Waals surface area contributed by atoms with Gasteiger partial charge in [-0.2, -0.15) is 4.98 Å². The first-order valence-corrected chi connectivity index (χ1v) is 8.56. The van der Waals surface area contributed by atoms with E-state index in [0.717, 1.165) is 5.56 Å². The minimum atomic E-state index is -0.354. The molecule has 0 saturated carbocycles. The van der Waals surface area contributed by atoms with Crippen LogP contribution in [0.15, 0.2) is 35.1 Å². The highest BCUT2D eigenvalue weighted by atomic mass is 35.5. The van der Waals surface area contributed by atoms with E-state index >= 15 is 0 Å². The zero-order chi connectivity index (χ0) is 17.9. The van der Waals surface area contributed by atoms with E-state index in [9.17, 15) is 4.79 Å². The Morgan fingerprint density at radius 1 is 1.27 bits per heavy atom. The predicted molar refractivity (Wildman–Crippen MR) is 95.3 cm³/mol. The second-order valence-corrected chi connectivity index (χ2v) is 6.26. The lowest BCUT2D eigenvalue weighted by atomic mass is 10.2. The lowest BCUT2D eigenvalue weighted by molar-refractivity contribution is 0.0943. The van der Waals surface area contributed by atoms with Gasteiger partial charge in [0.05, 0.1) is 13.2 Å². The van der Waals surface area contributed by atoms with Crippen LogP contribution in [-0.2, 0) is 11.3 Å². The molecule has 0 bridgehead atoms. The first kappa shape index (κ1) is 16.7. The zero-order valence-corrected chi connectivity index (χ0v) is 14.6. The smallest absolute Gasteiger partial charge is 0.274 e. The molecule has 1 aliphatic heterocycles. The number of aromatic nitrogens is 3. The molecule has 8 nitrogen and oxygen atoms in total. The molecule has 3 heterocycles. The van der Waals surface area contributed by atoms with E-state index in [1.54, 1.807) is 12.1 Å². The Kier molecular flexibility index (Phi) is 4.68. The van der Waals surface area contributed by atoms with E-state index in [4.69, 9.17) is 20.9 Å². The molecule has 1 aliphatic rings. The van der Waals surface area contributed by atoms with Gasteiger partial charge < -0.3 is 19.5 Å². The quantitative estimate of drug-likeness (QED) is 0.747. The van der Waals surface area contributed by atoms with Gasteiger partial charge in [0, 0.05) is 24.7 Å². The summed E-state index contributed by atoms with van der Waals surface area (Å²) in [5.74, 6) is 0.278. The highest BCUT2D eigenvalue weighted by Gasteiger charge is 2.24. The molecular weight excluding hydrogens is 358 g/mol. The molecular formula is C17H16ClN5O3. The summed E-state index contributed by atoms with van der Waals surface area (Å²) in [6.07, 6.45) is 1.41. The number of rotatable bonds is 4. The van der Waals surface area contributed by atoms with E-state index in [2.05, 4.69) is 20.4 Å². The number of amides is 1. The number of nitrogens with zero attached hydrogens (tertiary/aromatic N) is 4. The van der Waals surface area contributed by atoms with Crippen molar-refractivity contribution in [2.45, 2.75) is 6.54 Å². The molecule has 0 atom stereocenters. The largest absolute Gasteiger partial charge is 0.378 e. The zero-order valence-electron chi connectivity index (χ0n) is 13.8. The summed E-state index contributed by atoms with van der Waals surface area (Å²) in [6, 6.07) is 7.30. The molecule has 0 unspecified atom stereocenters. The number of hydrogen-bond acceptors (Lipinski definition) is 7. The van der Waals surface area contributed by atoms with Gasteiger partial charge in [0.2, 0.25) is 0 Å². The Labute approximate surface area is 154 Å². The Bertz CT molecular complexity index is 939. The first-order chi connectivity index (χ1) is 12.7. The van der Waals surface area contributed by atoms with Crippen molar-refractivity contribution in [2.75, 3.05) is 31.2 Å². The monoisotopic (exact) mass is 373 g/mol. The summed E-state index contributed by atoms with van der Waals surface area (Å²) >= 11 is 5.97. The highest BCUT2D eigenvalue weighted by Crippen LogP contribution is 2.27. The third-order valence-corrected chi connectivity index (χ3v) is 4.36. The van der Waals surface area contributed by atoms with E-state index in [1.165, 1.54) is 6.33 Å². The Morgan fingerprint density at radius 3 is 2.92 bits per heavy atom. The lowest BCUT2D eigenvalue weighted by Gasteiger charge is -2.27. The van der Waals surface area contributed by atoms with Gasteiger partial charge in [-0.15, -0.1) is 0 Å². The van der Waals surface area contributed by atoms with Gasteiger partial charge in [-0.25, -0.2) is 4.98 Å². The number of fused-ring (bicyclic) bond motifs is 1. The molecule has 2 aromatic heterocycles. The Hall–Kier alpha value is -2.71. The number of benzene rings is 1. The van der Waals surface area contributed by atoms with Crippen molar-refractivity contribution in [1.29, 1.82) is 0 Å². The van der Waals surface area contributed by atoms with Gasteiger partial charge in [-0.1, -0.05) is 28.9 Å². The molecule has 1 amide bonds. The van der Waals surface area contributed by atoms with Crippen LogP contribution < -0.4 is 10.2 Å². The second-order valence-electron chi connectivity index (χ2n) is 5.82. The summed E-state index contributed by atoms with van der Waals surface area (Å²) in [7, 11) is 0. The number of ether oxygens (including phenoxy) is 1. The third kappa shape index (κ3) is 3.33.